The maximum absolute atomic E-state index is 5.62. The minimum Gasteiger partial charge on any atom is -0.496 e. The first-order valence-corrected chi connectivity index (χ1v) is 7.34. The molecule has 3 nitrogen and oxygen atoms in total. The summed E-state index contributed by atoms with van der Waals surface area (Å²) in [7, 11) is 3.42. The highest BCUT2D eigenvalue weighted by Gasteiger charge is 2.22. The normalized spacial score (nSPS) is 14.6. The summed E-state index contributed by atoms with van der Waals surface area (Å²) >= 11 is 1.86. The number of benzene rings is 1. The SMILES string of the molecule is COc1cc(SCC2CC2)c(OC)[13cH]c1CCN. The largest absolute Gasteiger partial charge is 0.496 e. The van der Waals surface area contributed by atoms with E-state index in [0.29, 0.717) is 6.54 Å². The van der Waals surface area contributed by atoms with Gasteiger partial charge in [-0.15, -0.1) is 11.8 Å². The van der Waals surface area contributed by atoms with Crippen molar-refractivity contribution in [2.75, 3.05) is 26.5 Å². The molecule has 0 saturated heterocycles. The van der Waals surface area contributed by atoms with Gasteiger partial charge in [-0.25, -0.2) is 0 Å². The average Bonchev–Trinajstić information content (AvgIpc) is 3.21. The van der Waals surface area contributed by atoms with Crippen LogP contribution in [0.2, 0.25) is 0 Å². The van der Waals surface area contributed by atoms with Gasteiger partial charge in [-0.3, -0.25) is 0 Å². The molecule has 2 rings (SSSR count). The fourth-order valence-electron chi connectivity index (χ4n) is 1.89. The van der Waals surface area contributed by atoms with Crippen LogP contribution in [0.4, 0.5) is 0 Å². The highest BCUT2D eigenvalue weighted by atomic mass is 32.2. The third kappa shape index (κ3) is 3.33. The van der Waals surface area contributed by atoms with E-state index in [1.165, 1.54) is 23.5 Å². The Balaban J connectivity index is 2.19. The van der Waals surface area contributed by atoms with Crippen LogP contribution < -0.4 is 15.2 Å². The third-order valence-corrected chi connectivity index (χ3v) is 4.42. The molecule has 0 aliphatic heterocycles. The van der Waals surface area contributed by atoms with Crippen LogP contribution in [0.15, 0.2) is 17.0 Å². The molecular weight excluding hydrogens is 247 g/mol. The minimum atomic E-state index is 0.619. The van der Waals surface area contributed by atoms with Crippen molar-refractivity contribution < 1.29 is 9.47 Å². The number of nitrogens with two attached hydrogens (primary N) is 1. The van der Waals surface area contributed by atoms with Gasteiger partial charge in [-0.1, -0.05) is 0 Å². The Labute approximate surface area is 113 Å². The zero-order valence-electron chi connectivity index (χ0n) is 11.1. The fraction of sp³-hybridized carbons (Fsp3) is 0.571. The minimum absolute atomic E-state index is 0.619. The number of methoxy groups -OCH3 is 2. The lowest BCUT2D eigenvalue weighted by Gasteiger charge is -2.14. The Bertz CT molecular complexity index is 405. The topological polar surface area (TPSA) is 44.5 Å². The van der Waals surface area contributed by atoms with Crippen molar-refractivity contribution in [3.63, 3.8) is 0 Å². The van der Waals surface area contributed by atoms with Gasteiger partial charge in [-0.2, -0.15) is 0 Å². The van der Waals surface area contributed by atoms with E-state index >= 15 is 0 Å². The van der Waals surface area contributed by atoms with Crippen LogP contribution >= 0.6 is 11.8 Å². The van der Waals surface area contributed by atoms with Crippen LogP contribution in [0, 0.1) is 5.92 Å². The third-order valence-electron chi connectivity index (χ3n) is 3.15. The van der Waals surface area contributed by atoms with E-state index < -0.39 is 0 Å². The average molecular weight is 268 g/mol. The highest BCUT2D eigenvalue weighted by molar-refractivity contribution is 7.99. The van der Waals surface area contributed by atoms with Crippen molar-refractivity contribution in [3.8, 4) is 11.5 Å². The molecule has 4 heteroatoms. The standard InChI is InChI=1S/C14H21NO2S/c1-16-12-8-14(18-9-10-3-4-10)13(17-2)7-11(12)5-6-15/h7-8,10H,3-6,9,15H2,1-2H3/i7+1. The summed E-state index contributed by atoms with van der Waals surface area (Å²) in [6.45, 7) is 0.619. The van der Waals surface area contributed by atoms with Gasteiger partial charge in [0.2, 0.25) is 0 Å². The highest BCUT2D eigenvalue weighted by Crippen LogP contribution is 2.40. The first-order valence-electron chi connectivity index (χ1n) is 6.36. The van der Waals surface area contributed by atoms with Gasteiger partial charge in [-0.05, 0) is 49.4 Å². The van der Waals surface area contributed by atoms with Crippen LogP contribution in [0.25, 0.3) is 0 Å². The van der Waals surface area contributed by atoms with Gasteiger partial charge < -0.3 is 15.2 Å². The molecule has 2 N–H and O–H groups in total. The van der Waals surface area contributed by atoms with E-state index in [1.807, 2.05) is 11.8 Å². The van der Waals surface area contributed by atoms with Crippen molar-refractivity contribution in [1.29, 1.82) is 0 Å². The quantitative estimate of drug-likeness (QED) is 0.772. The Hall–Kier alpha value is -0.870. The summed E-state index contributed by atoms with van der Waals surface area (Å²) in [6.07, 6.45) is 3.56. The second-order valence-corrected chi connectivity index (χ2v) is 5.67. The molecule has 0 aromatic heterocycles. The van der Waals surface area contributed by atoms with Crippen molar-refractivity contribution in [3.05, 3.63) is 17.7 Å². The van der Waals surface area contributed by atoms with Gasteiger partial charge in [0, 0.05) is 5.75 Å². The molecule has 0 atom stereocenters. The van der Waals surface area contributed by atoms with E-state index in [0.717, 1.165) is 29.4 Å². The Morgan fingerprint density at radius 3 is 2.50 bits per heavy atom. The molecule has 0 heterocycles. The summed E-state index contributed by atoms with van der Waals surface area (Å²) in [6, 6.07) is 4.14. The molecule has 100 valence electrons. The van der Waals surface area contributed by atoms with E-state index in [2.05, 4.69) is 12.1 Å². The second-order valence-electron chi connectivity index (χ2n) is 4.61. The lowest BCUT2D eigenvalue weighted by atomic mass is 10.2. The molecule has 0 bridgehead atoms. The predicted octanol–water partition coefficient (Wildman–Crippen LogP) is 2.71. The second kappa shape index (κ2) is 6.34. The molecule has 18 heavy (non-hydrogen) atoms. The van der Waals surface area contributed by atoms with Crippen LogP contribution in [0.3, 0.4) is 0 Å². The summed E-state index contributed by atoms with van der Waals surface area (Å²) in [4.78, 5) is 1.17. The maximum atomic E-state index is 5.62. The van der Waals surface area contributed by atoms with Gasteiger partial charge in [0.1, 0.15) is 11.5 Å². The van der Waals surface area contributed by atoms with Crippen LogP contribution in [0.5, 0.6) is 11.5 Å². The van der Waals surface area contributed by atoms with Crippen molar-refractivity contribution in [2.45, 2.75) is 24.2 Å². The van der Waals surface area contributed by atoms with Crippen LogP contribution in [-0.2, 0) is 6.42 Å². The van der Waals surface area contributed by atoms with Crippen molar-refractivity contribution in [1.82, 2.24) is 0 Å². The smallest absolute Gasteiger partial charge is 0.132 e. The monoisotopic (exact) mass is 268 g/mol. The molecular formula is C14H21NO2S. The van der Waals surface area contributed by atoms with E-state index in [1.54, 1.807) is 14.2 Å². The summed E-state index contributed by atoms with van der Waals surface area (Å²) in [5.41, 5.74) is 6.74. The molecule has 1 saturated carbocycles. The fourth-order valence-corrected chi connectivity index (χ4v) is 3.11. The number of hydrogen-bond donors (Lipinski definition) is 1. The van der Waals surface area contributed by atoms with E-state index in [9.17, 15) is 0 Å². The molecule has 0 unspecified atom stereocenters. The lowest BCUT2D eigenvalue weighted by molar-refractivity contribution is 0.390. The van der Waals surface area contributed by atoms with Gasteiger partial charge in [0.25, 0.3) is 0 Å². The molecule has 1 fully saturated rings. The summed E-state index contributed by atoms with van der Waals surface area (Å²) in [5.74, 6) is 3.93. The van der Waals surface area contributed by atoms with Gasteiger partial charge in [0.15, 0.2) is 0 Å². The molecule has 1 aliphatic carbocycles. The molecule has 1 aromatic carbocycles. The molecule has 1 aromatic rings. The number of thioether (sulfide) groups is 1. The number of rotatable bonds is 7. The van der Waals surface area contributed by atoms with Crippen molar-refractivity contribution in [2.24, 2.45) is 11.7 Å². The van der Waals surface area contributed by atoms with Gasteiger partial charge in [0.05, 0.1) is 19.1 Å². The van der Waals surface area contributed by atoms with Gasteiger partial charge >= 0.3 is 0 Å². The molecule has 0 amide bonds. The van der Waals surface area contributed by atoms with E-state index in [4.69, 9.17) is 15.2 Å². The molecule has 0 spiro atoms. The van der Waals surface area contributed by atoms with Crippen molar-refractivity contribution >= 4 is 11.8 Å². The Morgan fingerprint density at radius 2 is 1.94 bits per heavy atom. The predicted molar refractivity (Wildman–Crippen MR) is 75.8 cm³/mol. The van der Waals surface area contributed by atoms with Crippen LogP contribution in [-0.4, -0.2) is 26.5 Å². The van der Waals surface area contributed by atoms with E-state index in [-0.39, 0.29) is 0 Å². The summed E-state index contributed by atoms with van der Waals surface area (Å²) < 4.78 is 10.9. The van der Waals surface area contributed by atoms with Crippen LogP contribution in [0.1, 0.15) is 18.4 Å². The zero-order chi connectivity index (χ0) is 13.0. The number of ether oxygens (including phenoxy) is 2. The Kier molecular flexibility index (Phi) is 4.78. The first-order chi connectivity index (χ1) is 8.78. The molecule has 0 radical (unpaired) electrons. The molecule has 1 aliphatic rings. The lowest BCUT2D eigenvalue weighted by Crippen LogP contribution is -2.05. The Morgan fingerprint density at radius 1 is 1.22 bits per heavy atom. The maximum Gasteiger partial charge on any atom is 0.132 e. The number of hydrogen-bond acceptors (Lipinski definition) is 4. The summed E-state index contributed by atoms with van der Waals surface area (Å²) in [5, 5.41) is 0. The first kappa shape index (κ1) is 13.6. The zero-order valence-corrected chi connectivity index (χ0v) is 11.9.